The minimum atomic E-state index is -3.87. The smallest absolute Gasteiger partial charge is 0.315 e. The van der Waals surface area contributed by atoms with E-state index in [1.165, 1.54) is 6.07 Å². The fourth-order valence-electron chi connectivity index (χ4n) is 1.42. The zero-order valence-corrected chi connectivity index (χ0v) is 12.0. The van der Waals surface area contributed by atoms with Crippen molar-refractivity contribution in [3.05, 3.63) is 29.8 Å². The maximum atomic E-state index is 11.9. The van der Waals surface area contributed by atoms with E-state index in [2.05, 4.69) is 4.74 Å². The molecule has 110 valence electrons. The van der Waals surface area contributed by atoms with E-state index >= 15 is 0 Å². The third-order valence-electron chi connectivity index (χ3n) is 2.32. The van der Waals surface area contributed by atoms with Crippen LogP contribution in [0.2, 0.25) is 0 Å². The summed E-state index contributed by atoms with van der Waals surface area (Å²) in [6.45, 7) is 3.40. The Hall–Kier alpha value is -1.93. The number of esters is 1. The van der Waals surface area contributed by atoms with Crippen LogP contribution >= 0.6 is 0 Å². The van der Waals surface area contributed by atoms with Gasteiger partial charge in [-0.15, -0.1) is 4.83 Å². The number of nitrogens with one attached hydrogen (secondary N) is 2. The molecular weight excluding hydrogens is 284 g/mol. The lowest BCUT2D eigenvalue weighted by Gasteiger charge is -2.10. The van der Waals surface area contributed by atoms with Gasteiger partial charge in [0.05, 0.1) is 11.5 Å². The maximum Gasteiger partial charge on any atom is 0.315 e. The van der Waals surface area contributed by atoms with Gasteiger partial charge in [0.15, 0.2) is 0 Å². The molecule has 0 fully saturated rings. The van der Waals surface area contributed by atoms with Crippen LogP contribution in [0.15, 0.2) is 29.2 Å². The third-order valence-corrected chi connectivity index (χ3v) is 3.73. The number of hydrogen-bond donors (Lipinski definition) is 2. The van der Waals surface area contributed by atoms with Crippen molar-refractivity contribution in [2.45, 2.75) is 25.2 Å². The van der Waals surface area contributed by atoms with E-state index in [0.29, 0.717) is 5.56 Å². The lowest BCUT2D eigenvalue weighted by atomic mass is 10.2. The van der Waals surface area contributed by atoms with Crippen molar-refractivity contribution >= 4 is 21.9 Å². The summed E-state index contributed by atoms with van der Waals surface area (Å²) in [4.78, 5) is 24.4. The Morgan fingerprint density at radius 1 is 1.25 bits per heavy atom. The molecule has 20 heavy (non-hydrogen) atoms. The number of amides is 1. The number of carbonyl (C=O) groups is 2. The van der Waals surface area contributed by atoms with Gasteiger partial charge in [0.25, 0.3) is 10.0 Å². The van der Waals surface area contributed by atoms with Gasteiger partial charge in [0, 0.05) is 0 Å². The maximum absolute atomic E-state index is 11.9. The Bertz CT molecular complexity index is 598. The quantitative estimate of drug-likeness (QED) is 0.446. The van der Waals surface area contributed by atoms with Gasteiger partial charge in [0.1, 0.15) is 6.42 Å². The van der Waals surface area contributed by atoms with E-state index in [4.69, 9.17) is 0 Å². The summed E-state index contributed by atoms with van der Waals surface area (Å²) >= 11 is 0. The first-order chi connectivity index (χ1) is 9.36. The number of ether oxygens (including phenoxy) is 1. The predicted octanol–water partition coefficient (Wildman–Crippen LogP) is 0.258. The topological polar surface area (TPSA) is 102 Å². The van der Waals surface area contributed by atoms with Crippen LogP contribution in [0, 0.1) is 6.92 Å². The molecule has 0 atom stereocenters. The molecule has 0 unspecified atom stereocenters. The molecule has 0 bridgehead atoms. The molecule has 1 aromatic rings. The van der Waals surface area contributed by atoms with Gasteiger partial charge in [-0.1, -0.05) is 18.2 Å². The summed E-state index contributed by atoms with van der Waals surface area (Å²) in [6.07, 6.45) is -0.551. The van der Waals surface area contributed by atoms with Gasteiger partial charge in [-0.05, 0) is 25.5 Å². The molecule has 1 amide bonds. The predicted molar refractivity (Wildman–Crippen MR) is 70.9 cm³/mol. The molecule has 0 aliphatic carbocycles. The van der Waals surface area contributed by atoms with Crippen molar-refractivity contribution in [3.8, 4) is 0 Å². The summed E-state index contributed by atoms with van der Waals surface area (Å²) in [6, 6.07) is 6.32. The lowest BCUT2D eigenvalue weighted by molar-refractivity contribution is -0.146. The number of aryl methyl sites for hydroxylation is 1. The molecular formula is C12H16N2O5S. The average Bonchev–Trinajstić information content (AvgIpc) is 2.37. The zero-order valence-electron chi connectivity index (χ0n) is 11.2. The fraction of sp³-hybridized carbons (Fsp3) is 0.333. The van der Waals surface area contributed by atoms with Gasteiger partial charge in [0.2, 0.25) is 5.91 Å². The highest BCUT2D eigenvalue weighted by Gasteiger charge is 2.18. The number of hydrogen-bond acceptors (Lipinski definition) is 5. The lowest BCUT2D eigenvalue weighted by Crippen LogP contribution is -2.42. The van der Waals surface area contributed by atoms with Crippen molar-refractivity contribution in [1.29, 1.82) is 0 Å². The largest absolute Gasteiger partial charge is 0.466 e. The van der Waals surface area contributed by atoms with Crippen molar-refractivity contribution in [2.24, 2.45) is 0 Å². The number of rotatable bonds is 6. The van der Waals surface area contributed by atoms with Crippen LogP contribution in [0.1, 0.15) is 18.9 Å². The van der Waals surface area contributed by atoms with E-state index in [1.54, 1.807) is 32.0 Å². The molecule has 2 N–H and O–H groups in total. The second kappa shape index (κ2) is 7.01. The van der Waals surface area contributed by atoms with Crippen LogP contribution in [-0.2, 0) is 24.3 Å². The Balaban J connectivity index is 2.63. The minimum Gasteiger partial charge on any atom is -0.466 e. The summed E-state index contributed by atoms with van der Waals surface area (Å²) < 4.78 is 28.4. The van der Waals surface area contributed by atoms with E-state index < -0.39 is 28.3 Å². The minimum absolute atomic E-state index is 0.0523. The van der Waals surface area contributed by atoms with Crippen LogP contribution in [-0.4, -0.2) is 26.9 Å². The summed E-state index contributed by atoms with van der Waals surface area (Å²) in [5.41, 5.74) is 2.50. The molecule has 1 aromatic carbocycles. The molecule has 1 rings (SSSR count). The average molecular weight is 300 g/mol. The van der Waals surface area contributed by atoms with Crippen molar-refractivity contribution in [2.75, 3.05) is 6.61 Å². The third kappa shape index (κ3) is 4.63. The first kappa shape index (κ1) is 16.1. The van der Waals surface area contributed by atoms with Crippen LogP contribution in [0.5, 0.6) is 0 Å². The normalized spacial score (nSPS) is 10.9. The van der Waals surface area contributed by atoms with Gasteiger partial charge in [-0.2, -0.15) is 0 Å². The van der Waals surface area contributed by atoms with Crippen LogP contribution in [0.3, 0.4) is 0 Å². The molecule has 0 spiro atoms. The Labute approximate surface area is 117 Å². The molecule has 0 aromatic heterocycles. The van der Waals surface area contributed by atoms with Gasteiger partial charge < -0.3 is 4.74 Å². The first-order valence-electron chi connectivity index (χ1n) is 5.88. The van der Waals surface area contributed by atoms with E-state index in [1.807, 2.05) is 10.3 Å². The molecule has 7 nitrogen and oxygen atoms in total. The molecule has 0 saturated carbocycles. The Morgan fingerprint density at radius 3 is 2.50 bits per heavy atom. The van der Waals surface area contributed by atoms with Crippen molar-refractivity contribution in [3.63, 3.8) is 0 Å². The number of sulfonamides is 1. The number of hydrazine groups is 1. The van der Waals surface area contributed by atoms with Crippen LogP contribution < -0.4 is 10.3 Å². The summed E-state index contributed by atoms with van der Waals surface area (Å²) in [7, 11) is -3.87. The highest BCUT2D eigenvalue weighted by atomic mass is 32.2. The summed E-state index contributed by atoms with van der Waals surface area (Å²) in [5.74, 6) is -1.51. The van der Waals surface area contributed by atoms with Crippen molar-refractivity contribution < 1.29 is 22.7 Å². The molecule has 0 saturated heterocycles. The van der Waals surface area contributed by atoms with E-state index in [9.17, 15) is 18.0 Å². The fourth-order valence-corrected chi connectivity index (χ4v) is 2.53. The number of benzene rings is 1. The standard InChI is InChI=1S/C12H16N2O5S/c1-3-19-12(16)8-11(15)13-14-20(17,18)10-7-5-4-6-9(10)2/h4-7,14H,3,8H2,1-2H3,(H,13,15). The monoisotopic (exact) mass is 300 g/mol. The second-order valence-electron chi connectivity index (χ2n) is 3.90. The summed E-state index contributed by atoms with van der Waals surface area (Å²) in [5, 5.41) is 0. The number of carbonyl (C=O) groups excluding carboxylic acids is 2. The molecule has 0 aliphatic rings. The Kier molecular flexibility index (Phi) is 5.66. The van der Waals surface area contributed by atoms with E-state index in [-0.39, 0.29) is 11.5 Å². The molecule has 0 radical (unpaired) electrons. The molecule has 0 aliphatic heterocycles. The van der Waals surface area contributed by atoms with E-state index in [0.717, 1.165) is 0 Å². The van der Waals surface area contributed by atoms with Crippen molar-refractivity contribution in [1.82, 2.24) is 10.3 Å². The van der Waals surface area contributed by atoms with Crippen LogP contribution in [0.4, 0.5) is 0 Å². The van der Waals surface area contributed by atoms with Gasteiger partial charge in [-0.3, -0.25) is 15.0 Å². The second-order valence-corrected chi connectivity index (χ2v) is 5.55. The highest BCUT2D eigenvalue weighted by Crippen LogP contribution is 2.12. The first-order valence-corrected chi connectivity index (χ1v) is 7.37. The molecule has 0 heterocycles. The van der Waals surface area contributed by atoms with Crippen LogP contribution in [0.25, 0.3) is 0 Å². The Morgan fingerprint density at radius 2 is 1.90 bits per heavy atom. The molecule has 8 heteroatoms. The van der Waals surface area contributed by atoms with Gasteiger partial charge >= 0.3 is 5.97 Å². The highest BCUT2D eigenvalue weighted by molar-refractivity contribution is 7.89. The zero-order chi connectivity index (χ0) is 15.2. The van der Waals surface area contributed by atoms with Gasteiger partial charge in [-0.25, -0.2) is 8.42 Å². The SMILES string of the molecule is CCOC(=O)CC(=O)NNS(=O)(=O)c1ccccc1C.